The molecular formula is C14H20BrN. The maximum Gasteiger partial charge on any atom is 0.0356 e. The third-order valence-corrected chi connectivity index (χ3v) is 4.10. The number of halogens is 1. The van der Waals surface area contributed by atoms with Crippen molar-refractivity contribution in [2.45, 2.75) is 46.1 Å². The standard InChI is InChI=1S/C14H20BrN/c1-10-7-11(15)9-12(8-10)16-13-5-4-6-14(13,2)3/h7-9,13,16H,4-6H2,1-3H3. The van der Waals surface area contributed by atoms with Crippen LogP contribution in [0.2, 0.25) is 0 Å². The minimum absolute atomic E-state index is 0.427. The first-order chi connectivity index (χ1) is 7.47. The number of hydrogen-bond acceptors (Lipinski definition) is 1. The van der Waals surface area contributed by atoms with Gasteiger partial charge in [-0.15, -0.1) is 0 Å². The molecular weight excluding hydrogens is 262 g/mol. The van der Waals surface area contributed by atoms with Gasteiger partial charge >= 0.3 is 0 Å². The van der Waals surface area contributed by atoms with Gasteiger partial charge in [-0.25, -0.2) is 0 Å². The zero-order valence-electron chi connectivity index (χ0n) is 10.3. The molecule has 1 fully saturated rings. The van der Waals surface area contributed by atoms with E-state index in [2.05, 4.69) is 60.2 Å². The molecule has 0 aliphatic heterocycles. The Hall–Kier alpha value is -0.500. The lowest BCUT2D eigenvalue weighted by Gasteiger charge is -2.29. The molecule has 1 atom stereocenters. The molecule has 0 spiro atoms. The largest absolute Gasteiger partial charge is 0.382 e. The maximum atomic E-state index is 3.68. The molecule has 1 aliphatic rings. The monoisotopic (exact) mass is 281 g/mol. The van der Waals surface area contributed by atoms with Crippen LogP contribution in [0.25, 0.3) is 0 Å². The van der Waals surface area contributed by atoms with Crippen LogP contribution in [0.15, 0.2) is 22.7 Å². The maximum absolute atomic E-state index is 3.68. The van der Waals surface area contributed by atoms with Crippen molar-refractivity contribution >= 4 is 21.6 Å². The second kappa shape index (κ2) is 4.40. The summed E-state index contributed by atoms with van der Waals surface area (Å²) in [5.41, 5.74) is 2.97. The van der Waals surface area contributed by atoms with Crippen molar-refractivity contribution in [1.29, 1.82) is 0 Å². The Balaban J connectivity index is 2.14. The predicted molar refractivity (Wildman–Crippen MR) is 73.9 cm³/mol. The van der Waals surface area contributed by atoms with Crippen LogP contribution in [0.3, 0.4) is 0 Å². The van der Waals surface area contributed by atoms with Crippen LogP contribution < -0.4 is 5.32 Å². The van der Waals surface area contributed by atoms with Gasteiger partial charge in [-0.1, -0.05) is 36.2 Å². The van der Waals surface area contributed by atoms with Gasteiger partial charge in [-0.2, -0.15) is 0 Å². The second-order valence-corrected chi connectivity index (χ2v) is 6.51. The van der Waals surface area contributed by atoms with Crippen LogP contribution >= 0.6 is 15.9 Å². The molecule has 0 saturated heterocycles. The number of nitrogens with one attached hydrogen (secondary N) is 1. The molecule has 16 heavy (non-hydrogen) atoms. The molecule has 1 aromatic rings. The number of benzene rings is 1. The summed E-state index contributed by atoms with van der Waals surface area (Å²) in [6.07, 6.45) is 3.97. The van der Waals surface area contributed by atoms with Crippen LogP contribution in [-0.4, -0.2) is 6.04 Å². The molecule has 1 nitrogen and oxygen atoms in total. The minimum atomic E-state index is 0.427. The summed E-state index contributed by atoms with van der Waals surface area (Å²) >= 11 is 3.55. The highest BCUT2D eigenvalue weighted by Crippen LogP contribution is 2.39. The van der Waals surface area contributed by atoms with E-state index in [1.807, 2.05) is 0 Å². The van der Waals surface area contributed by atoms with E-state index in [1.54, 1.807) is 0 Å². The lowest BCUT2D eigenvalue weighted by molar-refractivity contribution is 0.350. The van der Waals surface area contributed by atoms with Gasteiger partial charge < -0.3 is 5.32 Å². The molecule has 1 N–H and O–H groups in total. The van der Waals surface area contributed by atoms with Gasteiger partial charge in [0.1, 0.15) is 0 Å². The zero-order chi connectivity index (χ0) is 11.8. The highest BCUT2D eigenvalue weighted by Gasteiger charge is 2.34. The number of rotatable bonds is 2. The van der Waals surface area contributed by atoms with Gasteiger partial charge in [0, 0.05) is 16.2 Å². The molecule has 1 aliphatic carbocycles. The molecule has 1 saturated carbocycles. The van der Waals surface area contributed by atoms with E-state index in [0.29, 0.717) is 11.5 Å². The fourth-order valence-electron chi connectivity index (χ4n) is 2.62. The van der Waals surface area contributed by atoms with E-state index >= 15 is 0 Å². The molecule has 1 aromatic carbocycles. The van der Waals surface area contributed by atoms with E-state index in [0.717, 1.165) is 4.47 Å². The van der Waals surface area contributed by atoms with Crippen molar-refractivity contribution in [3.8, 4) is 0 Å². The van der Waals surface area contributed by atoms with Gasteiger partial charge in [0.15, 0.2) is 0 Å². The fourth-order valence-corrected chi connectivity index (χ4v) is 3.22. The average Bonchev–Trinajstić information content (AvgIpc) is 2.44. The van der Waals surface area contributed by atoms with Crippen LogP contribution in [-0.2, 0) is 0 Å². The summed E-state index contributed by atoms with van der Waals surface area (Å²) in [6, 6.07) is 7.15. The van der Waals surface area contributed by atoms with E-state index in [-0.39, 0.29) is 0 Å². The average molecular weight is 282 g/mol. The van der Waals surface area contributed by atoms with Crippen molar-refractivity contribution in [2.75, 3.05) is 5.32 Å². The van der Waals surface area contributed by atoms with E-state index in [4.69, 9.17) is 0 Å². The molecule has 0 heterocycles. The lowest BCUT2D eigenvalue weighted by Crippen LogP contribution is -2.30. The molecule has 2 heteroatoms. The summed E-state index contributed by atoms with van der Waals surface area (Å²) < 4.78 is 1.16. The summed E-state index contributed by atoms with van der Waals surface area (Å²) in [7, 11) is 0. The Morgan fingerprint density at radius 1 is 1.31 bits per heavy atom. The van der Waals surface area contributed by atoms with Crippen molar-refractivity contribution in [1.82, 2.24) is 0 Å². The van der Waals surface area contributed by atoms with Crippen LogP contribution in [0, 0.1) is 12.3 Å². The number of anilines is 1. The lowest BCUT2D eigenvalue weighted by atomic mass is 9.87. The SMILES string of the molecule is Cc1cc(Br)cc(NC2CCCC2(C)C)c1. The van der Waals surface area contributed by atoms with Crippen molar-refractivity contribution in [3.05, 3.63) is 28.2 Å². The quantitative estimate of drug-likeness (QED) is 0.825. The smallest absolute Gasteiger partial charge is 0.0356 e. The molecule has 1 unspecified atom stereocenters. The van der Waals surface area contributed by atoms with E-state index < -0.39 is 0 Å². The molecule has 88 valence electrons. The summed E-state index contributed by atoms with van der Waals surface area (Å²) in [4.78, 5) is 0. The highest BCUT2D eigenvalue weighted by molar-refractivity contribution is 9.10. The molecule has 2 rings (SSSR count). The first-order valence-electron chi connectivity index (χ1n) is 6.01. The molecule has 0 amide bonds. The first kappa shape index (κ1) is 12.0. The van der Waals surface area contributed by atoms with Gasteiger partial charge in [0.2, 0.25) is 0 Å². The third kappa shape index (κ3) is 2.60. The molecule has 0 radical (unpaired) electrons. The minimum Gasteiger partial charge on any atom is -0.382 e. The van der Waals surface area contributed by atoms with Gasteiger partial charge in [0.05, 0.1) is 0 Å². The van der Waals surface area contributed by atoms with E-state index in [1.165, 1.54) is 30.5 Å². The Morgan fingerprint density at radius 3 is 2.62 bits per heavy atom. The summed E-state index contributed by atoms with van der Waals surface area (Å²) in [5.74, 6) is 0. The van der Waals surface area contributed by atoms with Gasteiger partial charge in [0.25, 0.3) is 0 Å². The van der Waals surface area contributed by atoms with Crippen LogP contribution in [0.4, 0.5) is 5.69 Å². The molecule has 0 aromatic heterocycles. The highest BCUT2D eigenvalue weighted by atomic mass is 79.9. The number of aryl methyl sites for hydroxylation is 1. The Labute approximate surface area is 107 Å². The van der Waals surface area contributed by atoms with Crippen molar-refractivity contribution < 1.29 is 0 Å². The first-order valence-corrected chi connectivity index (χ1v) is 6.80. The van der Waals surface area contributed by atoms with Crippen LogP contribution in [0.1, 0.15) is 38.7 Å². The zero-order valence-corrected chi connectivity index (χ0v) is 11.9. The Morgan fingerprint density at radius 2 is 2.06 bits per heavy atom. The normalized spacial score (nSPS) is 23.4. The topological polar surface area (TPSA) is 12.0 Å². The Kier molecular flexibility index (Phi) is 3.29. The predicted octanol–water partition coefficient (Wildman–Crippen LogP) is 4.75. The fraction of sp³-hybridized carbons (Fsp3) is 0.571. The van der Waals surface area contributed by atoms with Crippen LogP contribution in [0.5, 0.6) is 0 Å². The van der Waals surface area contributed by atoms with Crippen molar-refractivity contribution in [2.24, 2.45) is 5.41 Å². The van der Waals surface area contributed by atoms with Gasteiger partial charge in [-0.05, 0) is 48.9 Å². The second-order valence-electron chi connectivity index (χ2n) is 5.59. The summed E-state index contributed by atoms with van der Waals surface area (Å²) in [5, 5.41) is 3.68. The van der Waals surface area contributed by atoms with E-state index in [9.17, 15) is 0 Å². The molecule has 0 bridgehead atoms. The summed E-state index contributed by atoms with van der Waals surface area (Å²) in [6.45, 7) is 6.86. The third-order valence-electron chi connectivity index (χ3n) is 3.64. The number of hydrogen-bond donors (Lipinski definition) is 1. The Bertz CT molecular complexity index is 364. The van der Waals surface area contributed by atoms with Crippen molar-refractivity contribution in [3.63, 3.8) is 0 Å². The van der Waals surface area contributed by atoms with Gasteiger partial charge in [-0.3, -0.25) is 0 Å².